The van der Waals surface area contributed by atoms with Crippen molar-refractivity contribution in [3.8, 4) is 17.6 Å². The number of rotatable bonds is 12. The average molecular weight is 667 g/mol. The molecule has 9 nitrogen and oxygen atoms in total. The van der Waals surface area contributed by atoms with Gasteiger partial charge in [0.15, 0.2) is 0 Å². The summed E-state index contributed by atoms with van der Waals surface area (Å²) < 4.78 is 12.3. The van der Waals surface area contributed by atoms with E-state index in [1.165, 1.54) is 25.7 Å². The predicted molar refractivity (Wildman–Crippen MR) is 197 cm³/mol. The summed E-state index contributed by atoms with van der Waals surface area (Å²) in [4.78, 5) is 19.7. The van der Waals surface area contributed by atoms with Gasteiger partial charge < -0.3 is 30.3 Å². The van der Waals surface area contributed by atoms with E-state index >= 15 is 0 Å². The zero-order valence-electron chi connectivity index (χ0n) is 30.0. The van der Waals surface area contributed by atoms with Crippen molar-refractivity contribution < 1.29 is 14.3 Å². The molecule has 5 rings (SSSR count). The van der Waals surface area contributed by atoms with Crippen LogP contribution in [0.3, 0.4) is 0 Å². The van der Waals surface area contributed by atoms with Crippen LogP contribution in [-0.2, 0) is 11.4 Å². The van der Waals surface area contributed by atoms with Gasteiger partial charge in [0.1, 0.15) is 18.1 Å². The Hall–Kier alpha value is -4.29. The van der Waals surface area contributed by atoms with E-state index in [0.717, 1.165) is 78.2 Å². The van der Waals surface area contributed by atoms with Gasteiger partial charge in [0.2, 0.25) is 5.91 Å². The maximum atomic E-state index is 13.1. The van der Waals surface area contributed by atoms with Gasteiger partial charge in [-0.15, -0.1) is 0 Å². The van der Waals surface area contributed by atoms with Crippen LogP contribution in [0.5, 0.6) is 11.5 Å². The summed E-state index contributed by atoms with van der Waals surface area (Å²) in [7, 11) is 4.02. The Balaban J connectivity index is 1.50. The number of carbonyl (C=O) groups excluding carboxylic acids is 1. The molecule has 1 amide bonds. The lowest BCUT2D eigenvalue weighted by Gasteiger charge is -2.48. The topological polar surface area (TPSA) is 112 Å². The highest BCUT2D eigenvalue weighted by atomic mass is 16.5. The number of ether oxygens (including phenoxy) is 2. The Kier molecular flexibility index (Phi) is 12.4. The summed E-state index contributed by atoms with van der Waals surface area (Å²) in [6.45, 7) is 7.77. The Bertz CT molecular complexity index is 1610. The van der Waals surface area contributed by atoms with Crippen LogP contribution >= 0.6 is 0 Å². The lowest BCUT2D eigenvalue weighted by molar-refractivity contribution is -0.116. The molecule has 2 heterocycles. The summed E-state index contributed by atoms with van der Waals surface area (Å²) in [6.07, 6.45) is 11.8. The molecule has 49 heavy (non-hydrogen) atoms. The number of hydrogen-bond donors (Lipinski definition) is 3. The highest BCUT2D eigenvalue weighted by Crippen LogP contribution is 2.51. The minimum Gasteiger partial charge on any atom is -0.492 e. The SMILES string of the molecule is CCOc1cc2c(cc1NC(=O)CCCN(C)C)C(Nc1ccc(OCc3ncccc3C)cc1C)C(C#N)C1(CCCCCCCC1)N2. The fraction of sp³-hybridized carbons (Fsp3) is 0.525. The van der Waals surface area contributed by atoms with Gasteiger partial charge in [-0.2, -0.15) is 5.26 Å². The van der Waals surface area contributed by atoms with Crippen molar-refractivity contribution >= 4 is 23.0 Å². The van der Waals surface area contributed by atoms with Crippen molar-refractivity contribution in [2.45, 2.75) is 103 Å². The first-order valence-corrected chi connectivity index (χ1v) is 18.1. The molecule has 1 aliphatic carbocycles. The van der Waals surface area contributed by atoms with Gasteiger partial charge >= 0.3 is 0 Å². The van der Waals surface area contributed by atoms with Crippen molar-refractivity contribution in [1.82, 2.24) is 9.88 Å². The maximum absolute atomic E-state index is 13.1. The standard InChI is InChI=1S/C40H54N6O3/c1-6-48-37-25-34-31(24-35(37)43-38(47)16-14-22-46(4)5)39(32(26-41)40(45-34)19-11-9-7-8-10-12-20-40)44-33-18-17-30(23-29(33)3)49-27-36-28(2)15-13-21-42-36/h13,15,17-18,21,23-25,32,39,44-45H,6-12,14,16,19-20,22,27H2,1-5H3,(H,43,47). The van der Waals surface area contributed by atoms with Crippen LogP contribution in [0.4, 0.5) is 17.1 Å². The smallest absolute Gasteiger partial charge is 0.224 e. The lowest BCUT2D eigenvalue weighted by atomic mass is 9.68. The van der Waals surface area contributed by atoms with Crippen LogP contribution in [0.15, 0.2) is 48.7 Å². The molecule has 9 heteroatoms. The zero-order valence-corrected chi connectivity index (χ0v) is 30.0. The number of fused-ring (bicyclic) bond motifs is 1. The number of nitrogens with zero attached hydrogens (tertiary/aromatic N) is 3. The van der Waals surface area contributed by atoms with Gasteiger partial charge in [0, 0.05) is 35.6 Å². The van der Waals surface area contributed by atoms with E-state index in [2.05, 4.69) is 38.8 Å². The van der Waals surface area contributed by atoms with E-state index in [0.29, 0.717) is 31.1 Å². The number of aryl methyl sites for hydroxylation is 2. The second-order valence-electron chi connectivity index (χ2n) is 14.0. The highest BCUT2D eigenvalue weighted by Gasteiger charge is 2.48. The predicted octanol–water partition coefficient (Wildman–Crippen LogP) is 8.55. The largest absolute Gasteiger partial charge is 0.492 e. The first-order valence-electron chi connectivity index (χ1n) is 18.1. The third kappa shape index (κ3) is 9.04. The molecule has 1 aliphatic heterocycles. The third-order valence-electron chi connectivity index (χ3n) is 10.0. The number of nitrogens with one attached hydrogen (secondary N) is 3. The van der Waals surface area contributed by atoms with Gasteiger partial charge in [0.05, 0.1) is 41.6 Å². The van der Waals surface area contributed by atoms with E-state index in [9.17, 15) is 10.1 Å². The molecular weight excluding hydrogens is 612 g/mol. The summed E-state index contributed by atoms with van der Waals surface area (Å²) in [6, 6.07) is 16.5. The summed E-state index contributed by atoms with van der Waals surface area (Å²) >= 11 is 0. The van der Waals surface area contributed by atoms with E-state index in [4.69, 9.17) is 9.47 Å². The summed E-state index contributed by atoms with van der Waals surface area (Å²) in [5, 5.41) is 21.9. The number of anilines is 3. The van der Waals surface area contributed by atoms with Gasteiger partial charge in [-0.1, -0.05) is 44.6 Å². The molecule has 2 aliphatic rings. The number of pyridine rings is 1. The second kappa shape index (κ2) is 16.9. The molecule has 2 aromatic carbocycles. The van der Waals surface area contributed by atoms with Crippen molar-refractivity contribution in [2.24, 2.45) is 5.92 Å². The molecule has 3 aromatic rings. The van der Waals surface area contributed by atoms with Gasteiger partial charge in [-0.3, -0.25) is 9.78 Å². The van der Waals surface area contributed by atoms with Crippen LogP contribution in [0, 0.1) is 31.1 Å². The molecule has 262 valence electrons. The molecule has 1 aromatic heterocycles. The van der Waals surface area contributed by atoms with Crippen molar-refractivity contribution in [1.29, 1.82) is 5.26 Å². The third-order valence-corrected chi connectivity index (χ3v) is 10.0. The maximum Gasteiger partial charge on any atom is 0.224 e. The van der Waals surface area contributed by atoms with E-state index in [1.807, 2.05) is 70.4 Å². The quantitative estimate of drug-likeness (QED) is 0.176. The summed E-state index contributed by atoms with van der Waals surface area (Å²) in [5.41, 5.74) is 6.14. The molecule has 3 N–H and O–H groups in total. The first kappa shape index (κ1) is 36.0. The minimum absolute atomic E-state index is 0.0482. The average Bonchev–Trinajstić information content (AvgIpc) is 3.18. The van der Waals surface area contributed by atoms with Crippen molar-refractivity contribution in [3.05, 3.63) is 71.0 Å². The second-order valence-corrected chi connectivity index (χ2v) is 14.0. The molecule has 0 radical (unpaired) electrons. The molecule has 2 unspecified atom stereocenters. The fourth-order valence-electron chi connectivity index (χ4n) is 7.33. The van der Waals surface area contributed by atoms with Crippen molar-refractivity contribution in [3.63, 3.8) is 0 Å². The number of nitriles is 1. The van der Waals surface area contributed by atoms with Crippen LogP contribution < -0.4 is 25.4 Å². The number of benzene rings is 2. The summed E-state index contributed by atoms with van der Waals surface area (Å²) in [5.74, 6) is 1.02. The fourth-order valence-corrected chi connectivity index (χ4v) is 7.33. The van der Waals surface area contributed by atoms with Gasteiger partial charge in [-0.05, 0) is 102 Å². The van der Waals surface area contributed by atoms with Crippen LogP contribution in [-0.4, -0.2) is 48.6 Å². The molecule has 1 spiro atoms. The molecule has 0 saturated heterocycles. The van der Waals surface area contributed by atoms with Crippen LogP contribution in [0.25, 0.3) is 0 Å². The number of carbonyl (C=O) groups is 1. The number of aromatic nitrogens is 1. The normalized spacial score (nSPS) is 18.6. The molecular formula is C40H54N6O3. The number of amides is 1. The molecule has 2 atom stereocenters. The van der Waals surface area contributed by atoms with E-state index in [-0.39, 0.29) is 23.4 Å². The monoisotopic (exact) mass is 666 g/mol. The Morgan fingerprint density at radius 3 is 2.45 bits per heavy atom. The van der Waals surface area contributed by atoms with Crippen LogP contribution in [0.1, 0.15) is 99.6 Å². The van der Waals surface area contributed by atoms with Gasteiger partial charge in [-0.25, -0.2) is 0 Å². The minimum atomic E-state index is -0.387. The molecule has 1 saturated carbocycles. The molecule has 0 bridgehead atoms. The first-order chi connectivity index (χ1) is 23.7. The number of hydrogen-bond acceptors (Lipinski definition) is 8. The highest BCUT2D eigenvalue weighted by molar-refractivity contribution is 5.93. The zero-order chi connectivity index (χ0) is 34.8. The van der Waals surface area contributed by atoms with Crippen molar-refractivity contribution in [2.75, 3.05) is 43.2 Å². The van der Waals surface area contributed by atoms with E-state index < -0.39 is 0 Å². The Labute approximate surface area is 292 Å². The Morgan fingerprint density at radius 1 is 1.02 bits per heavy atom. The van der Waals surface area contributed by atoms with Crippen LogP contribution in [0.2, 0.25) is 0 Å². The van der Waals surface area contributed by atoms with Gasteiger partial charge in [0.25, 0.3) is 0 Å². The van der Waals surface area contributed by atoms with E-state index in [1.54, 1.807) is 6.20 Å². The molecule has 1 fully saturated rings. The Morgan fingerprint density at radius 2 is 1.78 bits per heavy atom. The lowest BCUT2D eigenvalue weighted by Crippen LogP contribution is -2.52.